The Morgan fingerprint density at radius 2 is 0.857 bits per heavy atom. The van der Waals surface area contributed by atoms with Gasteiger partial charge in [-0.1, -0.05) is 153 Å². The van der Waals surface area contributed by atoms with E-state index in [0.29, 0.717) is 0 Å². The Labute approximate surface area is 286 Å². The Balaban J connectivity index is 1.04. The molecule has 0 aromatic heterocycles. The monoisotopic (exact) mass is 622 g/mol. The Morgan fingerprint density at radius 3 is 1.67 bits per heavy atom. The highest BCUT2D eigenvalue weighted by Crippen LogP contribution is 2.49. The van der Waals surface area contributed by atoms with Crippen LogP contribution in [0.2, 0.25) is 0 Å². The van der Waals surface area contributed by atoms with Crippen LogP contribution in [-0.2, 0) is 5.41 Å². The molecule has 10 rings (SSSR count). The van der Waals surface area contributed by atoms with Gasteiger partial charge in [-0.2, -0.15) is 0 Å². The van der Waals surface area contributed by atoms with Crippen LogP contribution >= 0.6 is 0 Å². The molecule has 0 unspecified atom stereocenters. The van der Waals surface area contributed by atoms with E-state index in [1.54, 1.807) is 0 Å². The lowest BCUT2D eigenvalue weighted by molar-refractivity contribution is 0.660. The van der Waals surface area contributed by atoms with Crippen LogP contribution in [0, 0.1) is 0 Å². The number of hydrogen-bond acceptors (Lipinski definition) is 0. The van der Waals surface area contributed by atoms with Crippen LogP contribution in [0.1, 0.15) is 25.0 Å². The Bertz CT molecular complexity index is 2800. The zero-order chi connectivity index (χ0) is 32.7. The van der Waals surface area contributed by atoms with Crippen molar-refractivity contribution in [3.8, 4) is 44.5 Å². The molecule has 0 aliphatic heterocycles. The van der Waals surface area contributed by atoms with E-state index in [1.165, 1.54) is 98.7 Å². The van der Waals surface area contributed by atoms with Crippen LogP contribution in [0.5, 0.6) is 0 Å². The van der Waals surface area contributed by atoms with Crippen molar-refractivity contribution < 1.29 is 0 Å². The first-order valence-corrected chi connectivity index (χ1v) is 17.3. The molecule has 0 heterocycles. The molecular weight excluding hydrogens is 589 g/mol. The van der Waals surface area contributed by atoms with E-state index in [4.69, 9.17) is 0 Å². The molecule has 49 heavy (non-hydrogen) atoms. The van der Waals surface area contributed by atoms with Gasteiger partial charge in [0.05, 0.1) is 0 Å². The summed E-state index contributed by atoms with van der Waals surface area (Å²) in [6.07, 6.45) is 0. The highest BCUT2D eigenvalue weighted by molar-refractivity contribution is 6.21. The summed E-state index contributed by atoms with van der Waals surface area (Å²) in [4.78, 5) is 0. The maximum atomic E-state index is 2.41. The number of fused-ring (bicyclic) bond motifs is 9. The SMILES string of the molecule is CC1(C)c2ccccc2-c2ccc(-c3ccc4cc(-c5cccc(-c6cc7c8ccccc8ccc7c7ccccc67)c5)ccc4c3)cc21. The maximum Gasteiger partial charge on any atom is 0.0159 e. The summed E-state index contributed by atoms with van der Waals surface area (Å²) in [7, 11) is 0. The molecule has 0 heteroatoms. The van der Waals surface area contributed by atoms with E-state index < -0.39 is 0 Å². The number of benzene rings is 9. The van der Waals surface area contributed by atoms with Gasteiger partial charge in [-0.15, -0.1) is 0 Å². The van der Waals surface area contributed by atoms with Gasteiger partial charge in [-0.05, 0) is 129 Å². The van der Waals surface area contributed by atoms with Crippen LogP contribution in [0.15, 0.2) is 170 Å². The summed E-state index contributed by atoms with van der Waals surface area (Å²) in [5.74, 6) is 0. The summed E-state index contributed by atoms with van der Waals surface area (Å²) in [5, 5.41) is 10.3. The molecular formula is C49H34. The van der Waals surface area contributed by atoms with Gasteiger partial charge in [-0.25, -0.2) is 0 Å². The highest BCUT2D eigenvalue weighted by atomic mass is 14.4. The zero-order valence-electron chi connectivity index (χ0n) is 27.7. The van der Waals surface area contributed by atoms with E-state index in [2.05, 4.69) is 184 Å². The van der Waals surface area contributed by atoms with Gasteiger partial charge in [0, 0.05) is 5.41 Å². The molecule has 9 aromatic carbocycles. The molecule has 1 aliphatic rings. The molecule has 1 aliphatic carbocycles. The van der Waals surface area contributed by atoms with Gasteiger partial charge in [0.25, 0.3) is 0 Å². The number of rotatable bonds is 3. The maximum absolute atomic E-state index is 2.41. The normalized spacial score (nSPS) is 13.3. The lowest BCUT2D eigenvalue weighted by atomic mass is 9.81. The molecule has 0 nitrogen and oxygen atoms in total. The van der Waals surface area contributed by atoms with E-state index in [1.807, 2.05) is 0 Å². The standard InChI is InChI=1S/C49H34/c1-49(2)47-17-8-7-16-43(47)44-25-23-37(29-48(44)49)36-21-20-34-26-33(18-19-35(34)27-36)32-11-9-12-38(28-32)45-30-46-39-13-4-3-10-31(39)22-24-42(46)40-14-5-6-15-41(40)45/h3-30H,1-2H3. The Morgan fingerprint density at radius 1 is 0.286 bits per heavy atom. The van der Waals surface area contributed by atoms with Crippen molar-refractivity contribution in [2.75, 3.05) is 0 Å². The lowest BCUT2D eigenvalue weighted by Crippen LogP contribution is -2.14. The molecule has 0 saturated carbocycles. The van der Waals surface area contributed by atoms with E-state index >= 15 is 0 Å². The van der Waals surface area contributed by atoms with Crippen molar-refractivity contribution in [1.29, 1.82) is 0 Å². The van der Waals surface area contributed by atoms with Crippen molar-refractivity contribution in [1.82, 2.24) is 0 Å². The molecule has 0 radical (unpaired) electrons. The fraction of sp³-hybridized carbons (Fsp3) is 0.0612. The van der Waals surface area contributed by atoms with Gasteiger partial charge in [0.2, 0.25) is 0 Å². The second kappa shape index (κ2) is 10.5. The van der Waals surface area contributed by atoms with Gasteiger partial charge >= 0.3 is 0 Å². The van der Waals surface area contributed by atoms with Crippen molar-refractivity contribution in [2.24, 2.45) is 0 Å². The van der Waals surface area contributed by atoms with Crippen LogP contribution in [0.3, 0.4) is 0 Å². The topological polar surface area (TPSA) is 0 Å². The lowest BCUT2D eigenvalue weighted by Gasteiger charge is -2.22. The Hall–Kier alpha value is -5.98. The predicted octanol–water partition coefficient (Wildman–Crippen LogP) is 13.6. The van der Waals surface area contributed by atoms with E-state index in [9.17, 15) is 0 Å². The average Bonchev–Trinajstić information content (AvgIpc) is 3.39. The summed E-state index contributed by atoms with van der Waals surface area (Å²) in [6.45, 7) is 4.70. The first-order valence-electron chi connectivity index (χ1n) is 17.3. The fourth-order valence-electron chi connectivity index (χ4n) is 8.45. The smallest absolute Gasteiger partial charge is 0.0159 e. The largest absolute Gasteiger partial charge is 0.0619 e. The molecule has 0 amide bonds. The van der Waals surface area contributed by atoms with Gasteiger partial charge in [0.1, 0.15) is 0 Å². The summed E-state index contributed by atoms with van der Waals surface area (Å²) < 4.78 is 0. The zero-order valence-corrected chi connectivity index (χ0v) is 27.7. The third kappa shape index (κ3) is 4.31. The quantitative estimate of drug-likeness (QED) is 0.172. The third-order valence-electron chi connectivity index (χ3n) is 11.0. The molecule has 0 fully saturated rings. The Kier molecular flexibility index (Phi) is 6.02. The summed E-state index contributed by atoms with van der Waals surface area (Å²) in [5.41, 5.74) is 13.0. The van der Waals surface area contributed by atoms with Crippen LogP contribution < -0.4 is 0 Å². The second-order valence-electron chi connectivity index (χ2n) is 14.1. The van der Waals surface area contributed by atoms with E-state index in [0.717, 1.165) is 0 Å². The summed E-state index contributed by atoms with van der Waals surface area (Å²) in [6, 6.07) is 63.2. The molecule has 0 saturated heterocycles. The molecule has 0 atom stereocenters. The van der Waals surface area contributed by atoms with Gasteiger partial charge < -0.3 is 0 Å². The third-order valence-corrected chi connectivity index (χ3v) is 11.0. The number of hydrogen-bond donors (Lipinski definition) is 0. The van der Waals surface area contributed by atoms with Crippen LogP contribution in [0.25, 0.3) is 87.6 Å². The minimum absolute atomic E-state index is 0.00481. The predicted molar refractivity (Wildman–Crippen MR) is 210 cm³/mol. The van der Waals surface area contributed by atoms with Crippen molar-refractivity contribution in [3.05, 3.63) is 181 Å². The van der Waals surface area contributed by atoms with Crippen LogP contribution in [0.4, 0.5) is 0 Å². The highest BCUT2D eigenvalue weighted by Gasteiger charge is 2.35. The minimum atomic E-state index is -0.00481. The summed E-state index contributed by atoms with van der Waals surface area (Å²) >= 11 is 0. The molecule has 9 aromatic rings. The average molecular weight is 623 g/mol. The molecule has 230 valence electrons. The van der Waals surface area contributed by atoms with Gasteiger partial charge in [-0.3, -0.25) is 0 Å². The van der Waals surface area contributed by atoms with Crippen LogP contribution in [-0.4, -0.2) is 0 Å². The van der Waals surface area contributed by atoms with Gasteiger partial charge in [0.15, 0.2) is 0 Å². The van der Waals surface area contributed by atoms with Crippen molar-refractivity contribution in [2.45, 2.75) is 19.3 Å². The van der Waals surface area contributed by atoms with E-state index in [-0.39, 0.29) is 5.41 Å². The van der Waals surface area contributed by atoms with Crippen molar-refractivity contribution >= 4 is 43.1 Å². The fourth-order valence-corrected chi connectivity index (χ4v) is 8.45. The molecule has 0 N–H and O–H groups in total. The first-order chi connectivity index (χ1) is 24.0. The molecule has 0 bridgehead atoms. The van der Waals surface area contributed by atoms with Crippen molar-refractivity contribution in [3.63, 3.8) is 0 Å². The minimum Gasteiger partial charge on any atom is -0.0619 e. The molecule has 0 spiro atoms. The second-order valence-corrected chi connectivity index (χ2v) is 14.1. The first kappa shape index (κ1) is 28.1.